The predicted molar refractivity (Wildman–Crippen MR) is 176 cm³/mol. The molecule has 0 radical (unpaired) electrons. The first-order valence-electron chi connectivity index (χ1n) is 14.8. The Labute approximate surface area is 259 Å². The first-order chi connectivity index (χ1) is 20.3. The molecule has 5 rings (SSSR count). The number of carbonyl (C=O) groups excluding carboxylic acids is 2. The van der Waals surface area contributed by atoms with Gasteiger partial charge >= 0.3 is 5.97 Å². The van der Waals surface area contributed by atoms with E-state index in [9.17, 15) is 9.59 Å². The molecule has 0 fully saturated rings. The van der Waals surface area contributed by atoms with Crippen LogP contribution in [0.2, 0.25) is 5.02 Å². The van der Waals surface area contributed by atoms with Crippen molar-refractivity contribution in [2.24, 2.45) is 11.3 Å². The van der Waals surface area contributed by atoms with Crippen LogP contribution in [-0.4, -0.2) is 23.5 Å². The van der Waals surface area contributed by atoms with E-state index >= 15 is 0 Å². The topological polar surface area (TPSA) is 68.3 Å². The lowest BCUT2D eigenvalue weighted by atomic mass is 9.69. The number of hydrogen-bond acceptors (Lipinski definition) is 4. The minimum absolute atomic E-state index is 0.00792. The van der Waals surface area contributed by atoms with Crippen molar-refractivity contribution in [3.05, 3.63) is 106 Å². The van der Waals surface area contributed by atoms with Gasteiger partial charge in [0, 0.05) is 16.1 Å². The molecular formula is C37H39ClN2O3. The third-order valence-corrected chi connectivity index (χ3v) is 8.48. The molecule has 3 aromatic carbocycles. The lowest BCUT2D eigenvalue weighted by Gasteiger charge is -2.36. The molecule has 0 bridgehead atoms. The number of allylic oxidation sites excluding steroid dienone is 1. The normalized spacial score (nSPS) is 16.2. The van der Waals surface area contributed by atoms with Crippen LogP contribution in [0.25, 0.3) is 22.6 Å². The van der Waals surface area contributed by atoms with Crippen molar-refractivity contribution in [3.8, 4) is 0 Å². The lowest BCUT2D eigenvalue weighted by Crippen LogP contribution is -2.29. The second-order valence-electron chi connectivity index (χ2n) is 13.5. The van der Waals surface area contributed by atoms with E-state index in [1.807, 2.05) is 72.8 Å². The summed E-state index contributed by atoms with van der Waals surface area (Å²) >= 11 is 6.15. The zero-order valence-corrected chi connectivity index (χ0v) is 26.5. The van der Waals surface area contributed by atoms with Gasteiger partial charge in [-0.05, 0) is 88.3 Å². The van der Waals surface area contributed by atoms with Gasteiger partial charge in [-0.3, -0.25) is 4.79 Å². The van der Waals surface area contributed by atoms with Crippen molar-refractivity contribution in [1.82, 2.24) is 4.98 Å². The van der Waals surface area contributed by atoms with Gasteiger partial charge in [0.25, 0.3) is 5.91 Å². The number of esters is 1. The average Bonchev–Trinajstić information content (AvgIpc) is 2.95. The number of benzene rings is 3. The van der Waals surface area contributed by atoms with Gasteiger partial charge in [-0.25, -0.2) is 9.78 Å². The fraction of sp³-hybridized carbons (Fsp3) is 0.324. The first-order valence-corrected chi connectivity index (χ1v) is 15.1. The molecule has 5 nitrogen and oxygen atoms in total. The Morgan fingerprint density at radius 3 is 2.26 bits per heavy atom. The summed E-state index contributed by atoms with van der Waals surface area (Å²) in [7, 11) is 0. The number of nitrogens with zero attached hydrogens (tertiary/aromatic N) is 1. The van der Waals surface area contributed by atoms with Crippen LogP contribution in [0.5, 0.6) is 0 Å². The molecule has 0 spiro atoms. The predicted octanol–water partition coefficient (Wildman–Crippen LogP) is 9.13. The fourth-order valence-electron chi connectivity index (χ4n) is 5.58. The molecule has 0 saturated carbocycles. The number of pyridine rings is 1. The van der Waals surface area contributed by atoms with Crippen LogP contribution >= 0.6 is 11.6 Å². The van der Waals surface area contributed by atoms with E-state index < -0.39 is 5.97 Å². The van der Waals surface area contributed by atoms with Crippen molar-refractivity contribution in [2.75, 3.05) is 11.9 Å². The van der Waals surface area contributed by atoms with E-state index in [1.54, 1.807) is 0 Å². The number of aromatic nitrogens is 1. The number of anilines is 1. The van der Waals surface area contributed by atoms with Crippen LogP contribution in [0.15, 0.2) is 72.8 Å². The lowest BCUT2D eigenvalue weighted by molar-refractivity contribution is -0.119. The van der Waals surface area contributed by atoms with Crippen LogP contribution in [0.1, 0.15) is 80.7 Å². The number of halogens is 1. The monoisotopic (exact) mass is 594 g/mol. The molecule has 0 unspecified atom stereocenters. The Balaban J connectivity index is 1.48. The largest absolute Gasteiger partial charge is 0.452 e. The van der Waals surface area contributed by atoms with E-state index in [0.717, 1.165) is 34.2 Å². The number of nitrogens with one attached hydrogen (secondary N) is 1. The van der Waals surface area contributed by atoms with Crippen molar-refractivity contribution in [3.63, 3.8) is 0 Å². The van der Waals surface area contributed by atoms with Gasteiger partial charge in [-0.1, -0.05) is 95.6 Å². The van der Waals surface area contributed by atoms with Crippen molar-refractivity contribution in [1.29, 1.82) is 0 Å². The van der Waals surface area contributed by atoms with Gasteiger partial charge in [0.15, 0.2) is 6.61 Å². The number of hydrogen-bond donors (Lipinski definition) is 1. The highest BCUT2D eigenvalue weighted by Gasteiger charge is 2.35. The summed E-state index contributed by atoms with van der Waals surface area (Å²) in [5.74, 6) is -0.638. The van der Waals surface area contributed by atoms with Crippen molar-refractivity contribution in [2.45, 2.75) is 59.8 Å². The number of carbonyl (C=O) groups is 2. The second kappa shape index (κ2) is 12.0. The molecule has 1 atom stereocenters. The highest BCUT2D eigenvalue weighted by molar-refractivity contribution is 6.30. The molecule has 1 heterocycles. The summed E-state index contributed by atoms with van der Waals surface area (Å²) < 4.78 is 5.69. The van der Waals surface area contributed by atoms with Gasteiger partial charge in [0.05, 0.1) is 16.8 Å². The summed E-state index contributed by atoms with van der Waals surface area (Å²) in [4.78, 5) is 31.7. The maximum atomic E-state index is 13.8. The van der Waals surface area contributed by atoms with E-state index in [1.165, 1.54) is 5.56 Å². The Hall–Kier alpha value is -3.96. The standard InChI is InChI=1S/C37H39ClN2O3/c1-36(2,3)25-13-17-28(18-14-25)39-32(41)22-43-35(42)33-29-9-7-8-10-31(29)40-34-24(19-23-11-15-27(38)16-12-23)20-26(21-30(33)34)37(4,5)6/h7-19,26H,20-22H2,1-6H3,(H,39,41)/b24-19-/t26-/m0/s1. The summed E-state index contributed by atoms with van der Waals surface area (Å²) in [5, 5.41) is 4.25. The van der Waals surface area contributed by atoms with Gasteiger partial charge in [-0.15, -0.1) is 0 Å². The number of fused-ring (bicyclic) bond motifs is 2. The highest BCUT2D eigenvalue weighted by Crippen LogP contribution is 2.45. The van der Waals surface area contributed by atoms with Crippen LogP contribution in [0.4, 0.5) is 5.69 Å². The molecule has 0 aliphatic heterocycles. The van der Waals surface area contributed by atoms with Gasteiger partial charge in [0.1, 0.15) is 0 Å². The Bertz CT molecular complexity index is 1690. The van der Waals surface area contributed by atoms with Crippen LogP contribution < -0.4 is 5.32 Å². The molecular weight excluding hydrogens is 556 g/mol. The Morgan fingerprint density at radius 1 is 0.930 bits per heavy atom. The molecule has 1 aromatic heterocycles. The molecule has 43 heavy (non-hydrogen) atoms. The highest BCUT2D eigenvalue weighted by atomic mass is 35.5. The van der Waals surface area contributed by atoms with Crippen molar-refractivity contribution < 1.29 is 14.3 Å². The number of rotatable bonds is 5. The average molecular weight is 595 g/mol. The quantitative estimate of drug-likeness (QED) is 0.234. The minimum atomic E-state index is -0.520. The maximum absolute atomic E-state index is 13.8. The Kier molecular flexibility index (Phi) is 8.49. The minimum Gasteiger partial charge on any atom is -0.452 e. The molecule has 1 amide bonds. The van der Waals surface area contributed by atoms with Crippen LogP contribution in [0.3, 0.4) is 0 Å². The number of ether oxygens (including phenoxy) is 1. The molecule has 0 saturated heterocycles. The first kappa shape index (κ1) is 30.5. The van der Waals surface area contributed by atoms with E-state index in [0.29, 0.717) is 28.2 Å². The van der Waals surface area contributed by atoms with E-state index in [-0.39, 0.29) is 29.3 Å². The third-order valence-electron chi connectivity index (χ3n) is 8.22. The number of para-hydroxylation sites is 1. The molecule has 4 aromatic rings. The third kappa shape index (κ3) is 7.00. The van der Waals surface area contributed by atoms with Crippen LogP contribution in [-0.2, 0) is 21.4 Å². The maximum Gasteiger partial charge on any atom is 0.339 e. The molecule has 1 aliphatic rings. The van der Waals surface area contributed by atoms with Crippen molar-refractivity contribution >= 4 is 51.7 Å². The molecule has 1 aliphatic carbocycles. The molecule has 222 valence electrons. The van der Waals surface area contributed by atoms with Gasteiger partial charge in [0.2, 0.25) is 0 Å². The summed E-state index contributed by atoms with van der Waals surface area (Å²) in [6.45, 7) is 12.7. The fourth-order valence-corrected chi connectivity index (χ4v) is 5.71. The number of amides is 1. The second-order valence-corrected chi connectivity index (χ2v) is 13.9. The van der Waals surface area contributed by atoms with E-state index in [2.05, 4.69) is 52.9 Å². The smallest absolute Gasteiger partial charge is 0.339 e. The van der Waals surface area contributed by atoms with Crippen LogP contribution in [0, 0.1) is 11.3 Å². The summed E-state index contributed by atoms with van der Waals surface area (Å²) in [5.41, 5.74) is 6.80. The zero-order valence-electron chi connectivity index (χ0n) is 25.8. The summed E-state index contributed by atoms with van der Waals surface area (Å²) in [6.07, 6.45) is 3.66. The zero-order chi connectivity index (χ0) is 30.9. The SMILES string of the molecule is CC(C)(C)c1ccc(NC(=O)COC(=O)c2c3c(nc4ccccc24)/C(=C\c2ccc(Cl)cc2)C[C@H](C(C)(C)C)C3)cc1. The van der Waals surface area contributed by atoms with Gasteiger partial charge < -0.3 is 10.1 Å². The summed E-state index contributed by atoms with van der Waals surface area (Å²) in [6, 6.07) is 23.1. The Morgan fingerprint density at radius 2 is 1.60 bits per heavy atom. The molecule has 1 N–H and O–H groups in total. The van der Waals surface area contributed by atoms with Gasteiger partial charge in [-0.2, -0.15) is 0 Å². The van der Waals surface area contributed by atoms with E-state index in [4.69, 9.17) is 21.3 Å². The molecule has 6 heteroatoms.